The fourth-order valence-electron chi connectivity index (χ4n) is 2.70. The molecule has 0 radical (unpaired) electrons. The number of para-hydroxylation sites is 1. The minimum Gasteiger partial charge on any atom is -0.460 e. The highest BCUT2D eigenvalue weighted by atomic mass is 16.6. The second kappa shape index (κ2) is 15.7. The molecule has 1 unspecified atom stereocenters. The standard InChI is InChI=1S/C21H34O3.C2H4O/c1-3-5-6-7-8-9-10-14-17-21(22,19-23-18-4-2)24-20-15-12-11-13-16-20;1-2-3-1/h4,11-13,15-16,22H,2-3,5-10,14,17-19H2,1H3;1-2H2. The quantitative estimate of drug-likeness (QED) is 0.189. The van der Waals surface area contributed by atoms with Gasteiger partial charge >= 0.3 is 0 Å². The van der Waals surface area contributed by atoms with Gasteiger partial charge in [-0.3, -0.25) is 0 Å². The zero-order chi connectivity index (χ0) is 19.6. The van der Waals surface area contributed by atoms with E-state index in [1.807, 2.05) is 30.3 Å². The Morgan fingerprint density at radius 2 is 1.63 bits per heavy atom. The van der Waals surface area contributed by atoms with E-state index in [1.54, 1.807) is 6.08 Å². The number of ether oxygens (including phenoxy) is 3. The summed E-state index contributed by atoms with van der Waals surface area (Å²) in [6, 6.07) is 9.43. The average molecular weight is 379 g/mol. The van der Waals surface area contributed by atoms with Gasteiger partial charge in [0.25, 0.3) is 0 Å². The maximum atomic E-state index is 10.8. The van der Waals surface area contributed by atoms with Crippen LogP contribution in [0.25, 0.3) is 0 Å². The largest absolute Gasteiger partial charge is 0.460 e. The molecule has 0 amide bonds. The highest BCUT2D eigenvalue weighted by molar-refractivity contribution is 5.21. The molecule has 1 N–H and O–H groups in total. The first-order chi connectivity index (χ1) is 13.2. The molecule has 1 atom stereocenters. The molecular weight excluding hydrogens is 340 g/mol. The molecule has 0 spiro atoms. The van der Waals surface area contributed by atoms with Crippen LogP contribution in [0.3, 0.4) is 0 Å². The lowest BCUT2D eigenvalue weighted by atomic mass is 10.0. The number of unbranched alkanes of at least 4 members (excludes halogenated alkanes) is 7. The first-order valence-corrected chi connectivity index (χ1v) is 10.4. The second-order valence-electron chi connectivity index (χ2n) is 7.00. The van der Waals surface area contributed by atoms with E-state index in [1.165, 1.54) is 38.5 Å². The summed E-state index contributed by atoms with van der Waals surface area (Å²) in [7, 11) is 0. The normalized spacial score (nSPS) is 14.6. The van der Waals surface area contributed by atoms with Gasteiger partial charge in [0.2, 0.25) is 5.79 Å². The molecule has 1 aromatic carbocycles. The van der Waals surface area contributed by atoms with Crippen molar-refractivity contribution in [2.75, 3.05) is 26.4 Å². The van der Waals surface area contributed by atoms with Crippen LogP contribution < -0.4 is 4.74 Å². The van der Waals surface area contributed by atoms with E-state index in [4.69, 9.17) is 9.47 Å². The van der Waals surface area contributed by atoms with Gasteiger partial charge in [0.15, 0.2) is 0 Å². The van der Waals surface area contributed by atoms with Crippen LogP contribution in [0.4, 0.5) is 0 Å². The first kappa shape index (κ1) is 23.7. The molecule has 2 rings (SSSR count). The van der Waals surface area contributed by atoms with Crippen molar-refractivity contribution >= 4 is 0 Å². The smallest absolute Gasteiger partial charge is 0.231 e. The van der Waals surface area contributed by atoms with Gasteiger partial charge in [0.1, 0.15) is 12.4 Å². The summed E-state index contributed by atoms with van der Waals surface area (Å²) >= 11 is 0. The van der Waals surface area contributed by atoms with E-state index >= 15 is 0 Å². The zero-order valence-electron chi connectivity index (χ0n) is 17.0. The zero-order valence-corrected chi connectivity index (χ0v) is 17.0. The minimum atomic E-state index is -1.27. The van der Waals surface area contributed by atoms with Gasteiger partial charge in [-0.25, -0.2) is 0 Å². The number of hydrogen-bond donors (Lipinski definition) is 1. The molecule has 1 heterocycles. The van der Waals surface area contributed by atoms with Gasteiger partial charge in [-0.1, -0.05) is 76.1 Å². The Hall–Kier alpha value is -1.36. The number of rotatable bonds is 15. The van der Waals surface area contributed by atoms with Crippen LogP contribution in [-0.2, 0) is 9.47 Å². The highest BCUT2D eigenvalue weighted by Crippen LogP contribution is 2.22. The van der Waals surface area contributed by atoms with E-state index in [0.717, 1.165) is 26.1 Å². The Balaban J connectivity index is 0.00000110. The van der Waals surface area contributed by atoms with Gasteiger partial charge < -0.3 is 19.3 Å². The van der Waals surface area contributed by atoms with Crippen molar-refractivity contribution in [3.8, 4) is 5.75 Å². The van der Waals surface area contributed by atoms with E-state index in [9.17, 15) is 5.11 Å². The number of epoxide rings is 1. The lowest BCUT2D eigenvalue weighted by Crippen LogP contribution is -2.41. The predicted molar refractivity (Wildman–Crippen MR) is 111 cm³/mol. The van der Waals surface area contributed by atoms with E-state index in [-0.39, 0.29) is 6.61 Å². The monoisotopic (exact) mass is 378 g/mol. The summed E-state index contributed by atoms with van der Waals surface area (Å²) < 4.78 is 15.8. The second-order valence-corrected chi connectivity index (χ2v) is 7.00. The SMILES string of the molecule is C1CO1.C=CCOCC(O)(CCCCCCCCCC)Oc1ccccc1. The molecule has 1 aromatic rings. The molecular formula is C23H38O4. The van der Waals surface area contributed by atoms with Gasteiger partial charge in [0, 0.05) is 6.42 Å². The predicted octanol–water partition coefficient (Wildman–Crippen LogP) is 5.50. The lowest BCUT2D eigenvalue weighted by Gasteiger charge is -2.29. The molecule has 1 fully saturated rings. The Labute approximate surface area is 165 Å². The van der Waals surface area contributed by atoms with Gasteiger partial charge in [-0.2, -0.15) is 0 Å². The Morgan fingerprint density at radius 3 is 2.19 bits per heavy atom. The third-order valence-electron chi connectivity index (χ3n) is 4.24. The van der Waals surface area contributed by atoms with Crippen LogP contribution >= 0.6 is 0 Å². The Bertz CT molecular complexity index is 458. The average Bonchev–Trinajstić information content (AvgIpc) is 3.54. The van der Waals surface area contributed by atoms with Crippen LogP contribution in [0.15, 0.2) is 43.0 Å². The van der Waals surface area contributed by atoms with Crippen molar-refractivity contribution in [2.24, 2.45) is 0 Å². The van der Waals surface area contributed by atoms with E-state index in [2.05, 4.69) is 18.2 Å². The third kappa shape index (κ3) is 14.4. The summed E-state index contributed by atoms with van der Waals surface area (Å²) in [5.41, 5.74) is 0. The fraction of sp³-hybridized carbons (Fsp3) is 0.652. The molecule has 154 valence electrons. The van der Waals surface area contributed by atoms with Gasteiger partial charge in [-0.15, -0.1) is 6.58 Å². The van der Waals surface area contributed by atoms with Crippen LogP contribution in [0.2, 0.25) is 0 Å². The molecule has 1 aliphatic rings. The maximum Gasteiger partial charge on any atom is 0.231 e. The number of aliphatic hydroxyl groups is 1. The first-order valence-electron chi connectivity index (χ1n) is 10.4. The number of hydrogen-bond acceptors (Lipinski definition) is 4. The van der Waals surface area contributed by atoms with Crippen molar-refractivity contribution in [3.63, 3.8) is 0 Å². The molecule has 0 saturated carbocycles. The summed E-state index contributed by atoms with van der Waals surface area (Å²) in [5.74, 6) is -0.603. The molecule has 0 bridgehead atoms. The number of benzene rings is 1. The summed E-state index contributed by atoms with van der Waals surface area (Å²) in [6.45, 7) is 8.44. The molecule has 0 aliphatic carbocycles. The van der Waals surface area contributed by atoms with Crippen molar-refractivity contribution in [1.82, 2.24) is 0 Å². The topological polar surface area (TPSA) is 51.2 Å². The summed E-state index contributed by atoms with van der Waals surface area (Å²) in [6.07, 6.45) is 12.1. The van der Waals surface area contributed by atoms with E-state index < -0.39 is 5.79 Å². The molecule has 1 saturated heterocycles. The van der Waals surface area contributed by atoms with Crippen LogP contribution in [0, 0.1) is 0 Å². The van der Waals surface area contributed by atoms with Gasteiger partial charge in [-0.05, 0) is 18.6 Å². The summed E-state index contributed by atoms with van der Waals surface area (Å²) in [5, 5.41) is 10.8. The minimum absolute atomic E-state index is 0.157. The highest BCUT2D eigenvalue weighted by Gasteiger charge is 2.29. The molecule has 4 heteroatoms. The van der Waals surface area contributed by atoms with Crippen molar-refractivity contribution in [2.45, 2.75) is 70.5 Å². The van der Waals surface area contributed by atoms with Crippen molar-refractivity contribution < 1.29 is 19.3 Å². The lowest BCUT2D eigenvalue weighted by molar-refractivity contribution is -0.180. The van der Waals surface area contributed by atoms with Gasteiger partial charge in [0.05, 0.1) is 19.8 Å². The fourth-order valence-corrected chi connectivity index (χ4v) is 2.70. The Kier molecular flexibility index (Phi) is 13.7. The molecule has 4 nitrogen and oxygen atoms in total. The molecule has 27 heavy (non-hydrogen) atoms. The van der Waals surface area contributed by atoms with Crippen molar-refractivity contribution in [1.29, 1.82) is 0 Å². The summed E-state index contributed by atoms with van der Waals surface area (Å²) in [4.78, 5) is 0. The molecule has 1 aliphatic heterocycles. The van der Waals surface area contributed by atoms with Crippen LogP contribution in [0.1, 0.15) is 64.7 Å². The third-order valence-corrected chi connectivity index (χ3v) is 4.24. The van der Waals surface area contributed by atoms with Crippen LogP contribution in [-0.4, -0.2) is 37.3 Å². The molecule has 0 aromatic heterocycles. The van der Waals surface area contributed by atoms with Crippen LogP contribution in [0.5, 0.6) is 5.75 Å². The van der Waals surface area contributed by atoms with Crippen molar-refractivity contribution in [3.05, 3.63) is 43.0 Å². The van der Waals surface area contributed by atoms with E-state index in [0.29, 0.717) is 18.8 Å². The maximum absolute atomic E-state index is 10.8. The Morgan fingerprint density at radius 1 is 1.04 bits per heavy atom.